The molecular formula is C16H24N4O. The third-order valence-electron chi connectivity index (χ3n) is 5.25. The lowest BCUT2D eigenvalue weighted by Gasteiger charge is -2.28. The van der Waals surface area contributed by atoms with Crippen LogP contribution in [0.5, 0.6) is 0 Å². The molecule has 5 nitrogen and oxygen atoms in total. The third kappa shape index (κ3) is 2.90. The van der Waals surface area contributed by atoms with Crippen molar-refractivity contribution in [2.75, 3.05) is 50.8 Å². The fraction of sp³-hybridized carbons (Fsp3) is 0.750. The first-order valence-corrected chi connectivity index (χ1v) is 8.20. The van der Waals surface area contributed by atoms with Crippen molar-refractivity contribution in [3.05, 3.63) is 18.5 Å². The topological polar surface area (TPSA) is 41.5 Å². The Morgan fingerprint density at radius 1 is 1.00 bits per heavy atom. The molecule has 5 heteroatoms. The highest BCUT2D eigenvalue weighted by Gasteiger charge is 2.41. The van der Waals surface area contributed by atoms with Crippen molar-refractivity contribution < 1.29 is 4.74 Å². The summed E-state index contributed by atoms with van der Waals surface area (Å²) in [5.41, 5.74) is 0. The second-order valence-corrected chi connectivity index (χ2v) is 6.75. The Kier molecular flexibility index (Phi) is 3.78. The summed E-state index contributed by atoms with van der Waals surface area (Å²) in [6.45, 7) is 7.96. The minimum absolute atomic E-state index is 0.800. The minimum Gasteiger partial charge on any atom is -0.381 e. The van der Waals surface area contributed by atoms with Crippen LogP contribution in [0.15, 0.2) is 18.5 Å². The first-order chi connectivity index (χ1) is 10.4. The van der Waals surface area contributed by atoms with Gasteiger partial charge in [0.15, 0.2) is 0 Å². The molecule has 0 aromatic carbocycles. The number of rotatable bonds is 3. The van der Waals surface area contributed by atoms with Crippen LogP contribution in [-0.2, 0) is 4.74 Å². The molecule has 2 atom stereocenters. The summed E-state index contributed by atoms with van der Waals surface area (Å²) in [5.74, 6) is 3.36. The van der Waals surface area contributed by atoms with Crippen LogP contribution >= 0.6 is 0 Å². The van der Waals surface area contributed by atoms with Gasteiger partial charge in [0.05, 0.1) is 0 Å². The highest BCUT2D eigenvalue weighted by molar-refractivity contribution is 5.31. The molecule has 1 aromatic rings. The Labute approximate surface area is 126 Å². The standard InChI is InChI=1S/C16H24N4O/c1-4-17-16(18-5-1)20-11-14-9-19(10-15(14)12-20)8-13-2-6-21-7-3-13/h1,4-5,13-15H,2-3,6-12H2. The first kappa shape index (κ1) is 13.5. The minimum atomic E-state index is 0.800. The van der Waals surface area contributed by atoms with E-state index in [0.29, 0.717) is 0 Å². The molecule has 0 aliphatic carbocycles. The summed E-state index contributed by atoms with van der Waals surface area (Å²) < 4.78 is 5.46. The maximum atomic E-state index is 5.46. The summed E-state index contributed by atoms with van der Waals surface area (Å²) in [4.78, 5) is 13.8. The molecule has 4 heterocycles. The van der Waals surface area contributed by atoms with Crippen molar-refractivity contribution in [1.29, 1.82) is 0 Å². The Balaban J connectivity index is 1.31. The Morgan fingerprint density at radius 2 is 1.67 bits per heavy atom. The Bertz CT molecular complexity index is 449. The molecule has 3 fully saturated rings. The van der Waals surface area contributed by atoms with Crippen molar-refractivity contribution in [3.8, 4) is 0 Å². The SMILES string of the molecule is c1cnc(N2CC3CN(CC4CCOCC4)CC3C2)nc1. The number of fused-ring (bicyclic) bond motifs is 1. The zero-order valence-electron chi connectivity index (χ0n) is 12.5. The van der Waals surface area contributed by atoms with Crippen LogP contribution in [-0.4, -0.2) is 60.8 Å². The van der Waals surface area contributed by atoms with Gasteiger partial charge in [0.25, 0.3) is 0 Å². The van der Waals surface area contributed by atoms with Gasteiger partial charge in [0.1, 0.15) is 0 Å². The maximum absolute atomic E-state index is 5.46. The molecule has 2 unspecified atom stereocenters. The van der Waals surface area contributed by atoms with E-state index in [1.165, 1.54) is 32.5 Å². The van der Waals surface area contributed by atoms with Crippen molar-refractivity contribution in [3.63, 3.8) is 0 Å². The van der Waals surface area contributed by atoms with Crippen LogP contribution in [0.4, 0.5) is 5.95 Å². The summed E-state index contributed by atoms with van der Waals surface area (Å²) >= 11 is 0. The van der Waals surface area contributed by atoms with E-state index < -0.39 is 0 Å². The smallest absolute Gasteiger partial charge is 0.225 e. The monoisotopic (exact) mass is 288 g/mol. The molecule has 4 rings (SSSR count). The van der Waals surface area contributed by atoms with Gasteiger partial charge < -0.3 is 14.5 Å². The largest absolute Gasteiger partial charge is 0.381 e. The van der Waals surface area contributed by atoms with Gasteiger partial charge in [-0.3, -0.25) is 0 Å². The second-order valence-electron chi connectivity index (χ2n) is 6.75. The maximum Gasteiger partial charge on any atom is 0.225 e. The Morgan fingerprint density at radius 3 is 2.33 bits per heavy atom. The average Bonchev–Trinajstić information content (AvgIpc) is 3.07. The number of ether oxygens (including phenoxy) is 1. The molecule has 0 saturated carbocycles. The molecule has 3 aliphatic rings. The fourth-order valence-electron chi connectivity index (χ4n) is 4.15. The summed E-state index contributed by atoms with van der Waals surface area (Å²) in [6, 6.07) is 1.88. The van der Waals surface area contributed by atoms with Gasteiger partial charge in [0.2, 0.25) is 5.95 Å². The zero-order chi connectivity index (χ0) is 14.1. The van der Waals surface area contributed by atoms with Gasteiger partial charge in [-0.25, -0.2) is 9.97 Å². The number of likely N-dealkylation sites (tertiary alicyclic amines) is 1. The van der Waals surface area contributed by atoms with Crippen LogP contribution in [0.1, 0.15) is 12.8 Å². The van der Waals surface area contributed by atoms with E-state index in [1.54, 1.807) is 0 Å². The molecule has 0 bridgehead atoms. The fourth-order valence-corrected chi connectivity index (χ4v) is 4.15. The average molecular weight is 288 g/mol. The normalized spacial score (nSPS) is 30.8. The van der Waals surface area contributed by atoms with Crippen LogP contribution in [0, 0.1) is 17.8 Å². The van der Waals surface area contributed by atoms with Crippen molar-refractivity contribution in [1.82, 2.24) is 14.9 Å². The van der Waals surface area contributed by atoms with Gasteiger partial charge in [-0.1, -0.05) is 0 Å². The van der Waals surface area contributed by atoms with Crippen molar-refractivity contribution in [2.45, 2.75) is 12.8 Å². The second kappa shape index (κ2) is 5.89. The van der Waals surface area contributed by atoms with E-state index in [9.17, 15) is 0 Å². The van der Waals surface area contributed by atoms with E-state index in [0.717, 1.165) is 50.0 Å². The molecule has 1 aromatic heterocycles. The quantitative estimate of drug-likeness (QED) is 0.838. The number of hydrogen-bond acceptors (Lipinski definition) is 5. The molecule has 0 radical (unpaired) electrons. The van der Waals surface area contributed by atoms with E-state index in [2.05, 4.69) is 19.8 Å². The van der Waals surface area contributed by atoms with Gasteiger partial charge in [-0.2, -0.15) is 0 Å². The predicted octanol–water partition coefficient (Wildman–Crippen LogP) is 1.27. The van der Waals surface area contributed by atoms with Crippen LogP contribution in [0.2, 0.25) is 0 Å². The number of anilines is 1. The van der Waals surface area contributed by atoms with Crippen molar-refractivity contribution >= 4 is 5.95 Å². The van der Waals surface area contributed by atoms with Crippen LogP contribution in [0.3, 0.4) is 0 Å². The molecule has 21 heavy (non-hydrogen) atoms. The highest BCUT2D eigenvalue weighted by Crippen LogP contribution is 2.33. The highest BCUT2D eigenvalue weighted by atomic mass is 16.5. The molecule has 3 aliphatic heterocycles. The van der Waals surface area contributed by atoms with Gasteiger partial charge in [-0.15, -0.1) is 0 Å². The van der Waals surface area contributed by atoms with E-state index >= 15 is 0 Å². The van der Waals surface area contributed by atoms with Gasteiger partial charge in [-0.05, 0) is 36.7 Å². The molecular weight excluding hydrogens is 264 g/mol. The molecule has 0 spiro atoms. The lowest BCUT2D eigenvalue weighted by molar-refractivity contribution is 0.0547. The molecule has 114 valence electrons. The lowest BCUT2D eigenvalue weighted by atomic mass is 10.00. The number of nitrogens with zero attached hydrogens (tertiary/aromatic N) is 4. The van der Waals surface area contributed by atoms with Gasteiger partial charge in [0, 0.05) is 58.3 Å². The Hall–Kier alpha value is -1.20. The lowest BCUT2D eigenvalue weighted by Crippen LogP contribution is -2.34. The van der Waals surface area contributed by atoms with E-state index in [4.69, 9.17) is 4.74 Å². The number of aromatic nitrogens is 2. The van der Waals surface area contributed by atoms with Crippen LogP contribution < -0.4 is 4.90 Å². The van der Waals surface area contributed by atoms with E-state index in [1.807, 2.05) is 18.5 Å². The third-order valence-corrected chi connectivity index (χ3v) is 5.25. The summed E-state index contributed by atoms with van der Waals surface area (Å²) in [7, 11) is 0. The van der Waals surface area contributed by atoms with Crippen molar-refractivity contribution in [2.24, 2.45) is 17.8 Å². The summed E-state index contributed by atoms with van der Waals surface area (Å²) in [6.07, 6.45) is 6.17. The van der Waals surface area contributed by atoms with E-state index in [-0.39, 0.29) is 0 Å². The molecule has 0 N–H and O–H groups in total. The molecule has 0 amide bonds. The zero-order valence-corrected chi connectivity index (χ0v) is 12.5. The predicted molar refractivity (Wildman–Crippen MR) is 81.2 cm³/mol. The first-order valence-electron chi connectivity index (χ1n) is 8.20. The number of hydrogen-bond donors (Lipinski definition) is 0. The van der Waals surface area contributed by atoms with Crippen LogP contribution in [0.25, 0.3) is 0 Å². The van der Waals surface area contributed by atoms with Gasteiger partial charge >= 0.3 is 0 Å². The molecule has 3 saturated heterocycles. The summed E-state index contributed by atoms with van der Waals surface area (Å²) in [5, 5.41) is 0.